The molecule has 0 radical (unpaired) electrons. The van der Waals surface area contributed by atoms with Gasteiger partial charge in [0, 0.05) is 16.1 Å². The summed E-state index contributed by atoms with van der Waals surface area (Å²) in [6, 6.07) is 17.0. The third kappa shape index (κ3) is 3.62. The maximum Gasteiger partial charge on any atom is 0.278 e. The topological polar surface area (TPSA) is 58.6 Å². The molecule has 0 aliphatic carbocycles. The van der Waals surface area contributed by atoms with Crippen molar-refractivity contribution >= 4 is 34.4 Å². The van der Waals surface area contributed by atoms with E-state index in [1.54, 1.807) is 7.11 Å². The second kappa shape index (κ2) is 8.16. The Bertz CT molecular complexity index is 1150. The third-order valence-corrected chi connectivity index (χ3v) is 6.12. The Kier molecular flexibility index (Phi) is 5.42. The Morgan fingerprint density at radius 2 is 1.77 bits per heavy atom. The molecule has 2 amide bonds. The Morgan fingerprint density at radius 1 is 0.967 bits per heavy atom. The van der Waals surface area contributed by atoms with Crippen LogP contribution in [0.25, 0.3) is 5.57 Å². The number of para-hydroxylation sites is 1. The van der Waals surface area contributed by atoms with Gasteiger partial charge in [0.1, 0.15) is 11.4 Å². The molecule has 5 nitrogen and oxygen atoms in total. The van der Waals surface area contributed by atoms with Crippen molar-refractivity contribution < 1.29 is 14.3 Å². The number of hydrogen-bond acceptors (Lipinski definition) is 5. The fourth-order valence-corrected chi connectivity index (χ4v) is 4.22. The second-order valence-corrected chi connectivity index (χ2v) is 8.11. The molecular weight excluding hydrogens is 396 g/mol. The lowest BCUT2D eigenvalue weighted by atomic mass is 10.1. The van der Waals surface area contributed by atoms with Gasteiger partial charge in [-0.1, -0.05) is 30.3 Å². The quantitative estimate of drug-likeness (QED) is 0.586. The van der Waals surface area contributed by atoms with Crippen molar-refractivity contribution in [3.05, 3.63) is 87.2 Å². The van der Waals surface area contributed by atoms with Gasteiger partial charge < -0.3 is 10.1 Å². The van der Waals surface area contributed by atoms with E-state index in [9.17, 15) is 9.59 Å². The molecule has 30 heavy (non-hydrogen) atoms. The van der Waals surface area contributed by atoms with Gasteiger partial charge in [-0.2, -0.15) is 0 Å². The van der Waals surface area contributed by atoms with E-state index in [1.807, 2.05) is 73.8 Å². The van der Waals surface area contributed by atoms with E-state index in [-0.39, 0.29) is 18.4 Å². The first-order chi connectivity index (χ1) is 14.5. The number of carbonyl (C=O) groups is 2. The Balaban J connectivity index is 1.72. The van der Waals surface area contributed by atoms with Crippen molar-refractivity contribution in [1.82, 2.24) is 4.90 Å². The molecule has 2 heterocycles. The van der Waals surface area contributed by atoms with Gasteiger partial charge in [0.15, 0.2) is 0 Å². The highest BCUT2D eigenvalue weighted by Crippen LogP contribution is 2.34. The summed E-state index contributed by atoms with van der Waals surface area (Å²) >= 11 is 1.44. The number of nitrogens with zero attached hydrogens (tertiary/aromatic N) is 1. The third-order valence-electron chi connectivity index (χ3n) is 5.23. The molecule has 6 heteroatoms. The van der Waals surface area contributed by atoms with Crippen LogP contribution in [0.3, 0.4) is 0 Å². The summed E-state index contributed by atoms with van der Waals surface area (Å²) in [5.41, 5.74) is 4.55. The van der Waals surface area contributed by atoms with Crippen molar-refractivity contribution in [2.75, 3.05) is 12.4 Å². The summed E-state index contributed by atoms with van der Waals surface area (Å²) in [6.45, 7) is 4.20. The fourth-order valence-electron chi connectivity index (χ4n) is 3.45. The van der Waals surface area contributed by atoms with Crippen LogP contribution < -0.4 is 10.1 Å². The molecule has 0 fully saturated rings. The number of amides is 2. The van der Waals surface area contributed by atoms with E-state index in [4.69, 9.17) is 4.74 Å². The molecule has 0 saturated heterocycles. The highest BCUT2D eigenvalue weighted by atomic mass is 32.1. The van der Waals surface area contributed by atoms with Crippen LogP contribution in [0.4, 0.5) is 5.69 Å². The van der Waals surface area contributed by atoms with Gasteiger partial charge in [-0.05, 0) is 54.6 Å². The molecule has 1 N–H and O–H groups in total. The zero-order valence-electron chi connectivity index (χ0n) is 17.1. The predicted molar refractivity (Wildman–Crippen MR) is 119 cm³/mol. The highest BCUT2D eigenvalue weighted by Gasteiger charge is 2.40. The van der Waals surface area contributed by atoms with E-state index in [0.29, 0.717) is 17.0 Å². The van der Waals surface area contributed by atoms with Crippen molar-refractivity contribution in [2.24, 2.45) is 0 Å². The lowest BCUT2D eigenvalue weighted by molar-refractivity contribution is -0.137. The molecule has 1 aliphatic rings. The molecule has 2 aromatic carbocycles. The number of benzene rings is 2. The summed E-state index contributed by atoms with van der Waals surface area (Å²) in [7, 11) is 1.58. The van der Waals surface area contributed by atoms with Gasteiger partial charge in [-0.25, -0.2) is 0 Å². The number of imide groups is 1. The summed E-state index contributed by atoms with van der Waals surface area (Å²) in [4.78, 5) is 28.7. The Morgan fingerprint density at radius 3 is 2.47 bits per heavy atom. The number of ether oxygens (including phenoxy) is 1. The van der Waals surface area contributed by atoms with Gasteiger partial charge in [0.05, 0.1) is 19.2 Å². The Hall–Kier alpha value is -3.38. The smallest absolute Gasteiger partial charge is 0.278 e. The maximum atomic E-state index is 13.3. The number of nitrogens with one attached hydrogen (secondary N) is 1. The van der Waals surface area contributed by atoms with Crippen LogP contribution in [0.2, 0.25) is 0 Å². The number of thiophene rings is 1. The van der Waals surface area contributed by atoms with Gasteiger partial charge in [-0.3, -0.25) is 14.5 Å². The molecule has 1 aromatic heterocycles. The van der Waals surface area contributed by atoms with E-state index in [2.05, 4.69) is 5.32 Å². The molecule has 0 bridgehead atoms. The van der Waals surface area contributed by atoms with E-state index >= 15 is 0 Å². The van der Waals surface area contributed by atoms with Crippen LogP contribution in [0.15, 0.2) is 65.7 Å². The van der Waals surface area contributed by atoms with Crippen LogP contribution in [0.5, 0.6) is 5.75 Å². The molecule has 0 atom stereocenters. The number of carbonyl (C=O) groups excluding carboxylic acids is 2. The summed E-state index contributed by atoms with van der Waals surface area (Å²) < 4.78 is 5.40. The zero-order valence-corrected chi connectivity index (χ0v) is 17.9. The first-order valence-electron chi connectivity index (χ1n) is 9.60. The number of methoxy groups -OCH3 is 1. The molecule has 4 rings (SSSR count). The van der Waals surface area contributed by atoms with Crippen molar-refractivity contribution in [1.29, 1.82) is 0 Å². The molecule has 152 valence electrons. The van der Waals surface area contributed by atoms with Crippen molar-refractivity contribution in [3.63, 3.8) is 0 Å². The number of anilines is 1. The monoisotopic (exact) mass is 418 g/mol. The molecule has 3 aromatic rings. The molecule has 0 unspecified atom stereocenters. The summed E-state index contributed by atoms with van der Waals surface area (Å²) in [5, 5.41) is 5.11. The average Bonchev–Trinajstić information content (AvgIpc) is 3.34. The summed E-state index contributed by atoms with van der Waals surface area (Å²) in [6.07, 6.45) is 0. The minimum Gasteiger partial charge on any atom is -0.496 e. The van der Waals surface area contributed by atoms with Gasteiger partial charge in [0.2, 0.25) is 0 Å². The summed E-state index contributed by atoms with van der Waals surface area (Å²) in [5.74, 6) is -0.00133. The van der Waals surface area contributed by atoms with Crippen molar-refractivity contribution in [2.45, 2.75) is 20.4 Å². The normalized spacial score (nSPS) is 13.9. The number of aryl methyl sites for hydroxylation is 2. The fraction of sp³-hybridized carbons (Fsp3) is 0.167. The predicted octanol–water partition coefficient (Wildman–Crippen LogP) is 4.77. The number of hydrogen-bond donors (Lipinski definition) is 1. The van der Waals surface area contributed by atoms with E-state index in [0.717, 1.165) is 21.7 Å². The molecule has 1 aliphatic heterocycles. The van der Waals surface area contributed by atoms with Crippen LogP contribution >= 0.6 is 11.3 Å². The SMILES string of the molecule is COc1ccccc1CN1C(=O)C(Nc2ccc(C)c(C)c2)=C(c2cccs2)C1=O. The first kappa shape index (κ1) is 19.9. The highest BCUT2D eigenvalue weighted by molar-refractivity contribution is 7.11. The van der Waals surface area contributed by atoms with Crippen molar-refractivity contribution in [3.8, 4) is 5.75 Å². The van der Waals surface area contributed by atoms with E-state index < -0.39 is 0 Å². The van der Waals surface area contributed by atoms with Crippen LogP contribution in [0.1, 0.15) is 21.6 Å². The number of rotatable bonds is 6. The van der Waals surface area contributed by atoms with E-state index in [1.165, 1.54) is 21.8 Å². The minimum atomic E-state index is -0.340. The lowest BCUT2D eigenvalue weighted by Crippen LogP contribution is -2.32. The Labute approximate surface area is 179 Å². The standard InChI is InChI=1S/C24H22N2O3S/c1-15-10-11-18(13-16(15)2)25-22-21(20-9-6-12-30-20)23(27)26(24(22)28)14-17-7-4-5-8-19(17)29-3/h4-13,25H,14H2,1-3H3. The average molecular weight is 419 g/mol. The second-order valence-electron chi connectivity index (χ2n) is 7.16. The first-order valence-corrected chi connectivity index (χ1v) is 10.5. The van der Waals surface area contributed by atoms with Gasteiger partial charge in [0.25, 0.3) is 11.8 Å². The maximum absolute atomic E-state index is 13.3. The zero-order chi connectivity index (χ0) is 21.3. The largest absolute Gasteiger partial charge is 0.496 e. The van der Waals surface area contributed by atoms with Crippen LogP contribution in [0, 0.1) is 13.8 Å². The molecule has 0 saturated carbocycles. The molecular formula is C24H22N2O3S. The lowest BCUT2D eigenvalue weighted by Gasteiger charge is -2.17. The minimum absolute atomic E-state index is 0.147. The molecule has 0 spiro atoms. The van der Waals surface area contributed by atoms with Crippen LogP contribution in [-0.4, -0.2) is 23.8 Å². The van der Waals surface area contributed by atoms with Gasteiger partial charge in [-0.15, -0.1) is 11.3 Å². The van der Waals surface area contributed by atoms with Gasteiger partial charge >= 0.3 is 0 Å². The van der Waals surface area contributed by atoms with Crippen LogP contribution in [-0.2, 0) is 16.1 Å².